The van der Waals surface area contributed by atoms with Crippen molar-refractivity contribution in [1.82, 2.24) is 10.6 Å². The van der Waals surface area contributed by atoms with Crippen molar-refractivity contribution in [3.8, 4) is 5.75 Å². The van der Waals surface area contributed by atoms with Gasteiger partial charge in [-0.1, -0.05) is 18.5 Å². The van der Waals surface area contributed by atoms with Crippen molar-refractivity contribution in [2.45, 2.75) is 39.3 Å². The lowest BCUT2D eigenvalue weighted by Crippen LogP contribution is -2.45. The highest BCUT2D eigenvalue weighted by molar-refractivity contribution is 6.30. The molecule has 0 aromatic heterocycles. The van der Waals surface area contributed by atoms with Crippen LogP contribution < -0.4 is 15.4 Å². The second-order valence-electron chi connectivity index (χ2n) is 5.15. The van der Waals surface area contributed by atoms with Crippen LogP contribution in [0.15, 0.2) is 24.3 Å². The predicted molar refractivity (Wildman–Crippen MR) is 88.9 cm³/mol. The smallest absolute Gasteiger partial charge is 0.347 e. The van der Waals surface area contributed by atoms with Gasteiger partial charge in [-0.2, -0.15) is 0 Å². The van der Waals surface area contributed by atoms with Gasteiger partial charge in [-0.05, 0) is 44.5 Å². The van der Waals surface area contributed by atoms with Crippen LogP contribution in [0.3, 0.4) is 0 Å². The maximum Gasteiger partial charge on any atom is 0.347 e. The van der Waals surface area contributed by atoms with Crippen LogP contribution in [0.5, 0.6) is 5.75 Å². The second kappa shape index (κ2) is 9.77. The molecular weight excluding hydrogens is 336 g/mol. The average Bonchev–Trinajstić information content (AvgIpc) is 2.54. The molecule has 1 aromatic rings. The van der Waals surface area contributed by atoms with Gasteiger partial charge in [0, 0.05) is 11.1 Å². The summed E-state index contributed by atoms with van der Waals surface area (Å²) in [7, 11) is 0. The van der Waals surface area contributed by atoms with Crippen LogP contribution in [-0.4, -0.2) is 36.7 Å². The van der Waals surface area contributed by atoms with Gasteiger partial charge in [0.25, 0.3) is 5.91 Å². The van der Waals surface area contributed by atoms with Crippen molar-refractivity contribution in [1.29, 1.82) is 0 Å². The molecule has 0 aliphatic carbocycles. The van der Waals surface area contributed by atoms with Crippen LogP contribution in [0.4, 0.5) is 4.79 Å². The van der Waals surface area contributed by atoms with Crippen LogP contribution in [0.2, 0.25) is 5.02 Å². The van der Waals surface area contributed by atoms with E-state index in [0.717, 1.165) is 6.42 Å². The van der Waals surface area contributed by atoms with E-state index in [0.29, 0.717) is 10.8 Å². The Morgan fingerprint density at radius 3 is 2.38 bits per heavy atom. The molecule has 2 atom stereocenters. The van der Waals surface area contributed by atoms with Crippen LogP contribution in [0.1, 0.15) is 27.2 Å². The molecule has 0 aliphatic heterocycles. The predicted octanol–water partition coefficient (Wildman–Crippen LogP) is 2.27. The summed E-state index contributed by atoms with van der Waals surface area (Å²) in [4.78, 5) is 34.8. The summed E-state index contributed by atoms with van der Waals surface area (Å²) in [5.74, 6) is -0.994. The van der Waals surface area contributed by atoms with Gasteiger partial charge in [-0.15, -0.1) is 0 Å². The molecule has 2 N–H and O–H groups in total. The van der Waals surface area contributed by atoms with Crippen molar-refractivity contribution < 1.29 is 23.9 Å². The SMILES string of the molecule is CC[C@@H](C)NC(=O)NC(=O)COC(=O)[C@H](C)Oc1ccc(Cl)cc1. The molecule has 132 valence electrons. The summed E-state index contributed by atoms with van der Waals surface area (Å²) in [6, 6.07) is 5.77. The fraction of sp³-hybridized carbons (Fsp3) is 0.438. The topological polar surface area (TPSA) is 93.7 Å². The molecule has 0 unspecified atom stereocenters. The zero-order chi connectivity index (χ0) is 18.1. The summed E-state index contributed by atoms with van der Waals surface area (Å²) in [6.45, 7) is 4.63. The van der Waals surface area contributed by atoms with Crippen molar-refractivity contribution in [3.05, 3.63) is 29.3 Å². The number of carbonyl (C=O) groups excluding carboxylic acids is 3. The number of esters is 1. The van der Waals surface area contributed by atoms with Crippen molar-refractivity contribution in [3.63, 3.8) is 0 Å². The Morgan fingerprint density at radius 2 is 1.79 bits per heavy atom. The first-order chi connectivity index (χ1) is 11.3. The Morgan fingerprint density at radius 1 is 1.17 bits per heavy atom. The second-order valence-corrected chi connectivity index (χ2v) is 5.59. The monoisotopic (exact) mass is 356 g/mol. The van der Waals surface area contributed by atoms with Gasteiger partial charge < -0.3 is 14.8 Å². The molecule has 7 nitrogen and oxygen atoms in total. The maximum absolute atomic E-state index is 11.8. The number of halogens is 1. The Bertz CT molecular complexity index is 576. The number of ether oxygens (including phenoxy) is 2. The number of amides is 3. The fourth-order valence-corrected chi connectivity index (χ4v) is 1.67. The van der Waals surface area contributed by atoms with Gasteiger partial charge in [0.1, 0.15) is 5.75 Å². The van der Waals surface area contributed by atoms with Crippen LogP contribution in [0, 0.1) is 0 Å². The van der Waals surface area contributed by atoms with Crippen LogP contribution in [0.25, 0.3) is 0 Å². The van der Waals surface area contributed by atoms with Crippen LogP contribution >= 0.6 is 11.6 Å². The molecule has 0 aliphatic rings. The van der Waals surface area contributed by atoms with E-state index in [1.807, 2.05) is 6.92 Å². The molecule has 0 bridgehead atoms. The maximum atomic E-state index is 11.8. The third kappa shape index (κ3) is 7.32. The standard InChI is InChI=1S/C16H21ClN2O5/c1-4-10(2)18-16(22)19-14(20)9-23-15(21)11(3)24-13-7-5-12(17)6-8-13/h5-8,10-11H,4,9H2,1-3H3,(H2,18,19,20,22)/t10-,11+/m1/s1. The van der Waals surface area contributed by atoms with Gasteiger partial charge in [-0.3, -0.25) is 10.1 Å². The van der Waals surface area contributed by atoms with E-state index in [1.54, 1.807) is 31.2 Å². The Balaban J connectivity index is 2.35. The zero-order valence-corrected chi connectivity index (χ0v) is 14.6. The molecule has 1 aromatic carbocycles. The molecule has 24 heavy (non-hydrogen) atoms. The van der Waals surface area contributed by atoms with Crippen molar-refractivity contribution >= 4 is 29.5 Å². The molecule has 0 radical (unpaired) electrons. The van der Waals surface area contributed by atoms with E-state index in [1.165, 1.54) is 6.92 Å². The summed E-state index contributed by atoms with van der Waals surface area (Å²) < 4.78 is 10.2. The van der Waals surface area contributed by atoms with E-state index in [2.05, 4.69) is 10.6 Å². The number of imide groups is 1. The van der Waals surface area contributed by atoms with Crippen molar-refractivity contribution in [2.75, 3.05) is 6.61 Å². The zero-order valence-electron chi connectivity index (χ0n) is 13.8. The van der Waals surface area contributed by atoms with Gasteiger partial charge in [0.2, 0.25) is 0 Å². The summed E-state index contributed by atoms with van der Waals surface area (Å²) in [5.41, 5.74) is 0. The highest BCUT2D eigenvalue weighted by Gasteiger charge is 2.18. The molecule has 0 saturated carbocycles. The molecule has 0 saturated heterocycles. The summed E-state index contributed by atoms with van der Waals surface area (Å²) in [6.07, 6.45) is -0.177. The number of hydrogen-bond donors (Lipinski definition) is 2. The molecular formula is C16H21ClN2O5. The molecule has 0 fully saturated rings. The first kappa shape index (κ1) is 19.8. The van der Waals surface area contributed by atoms with Gasteiger partial charge in [-0.25, -0.2) is 9.59 Å². The number of benzene rings is 1. The average molecular weight is 357 g/mol. The third-order valence-corrected chi connectivity index (χ3v) is 3.30. The number of urea groups is 1. The van der Waals surface area contributed by atoms with Gasteiger partial charge in [0.05, 0.1) is 0 Å². The van der Waals surface area contributed by atoms with E-state index in [-0.39, 0.29) is 6.04 Å². The van der Waals surface area contributed by atoms with E-state index in [4.69, 9.17) is 21.1 Å². The quantitative estimate of drug-likeness (QED) is 0.731. The van der Waals surface area contributed by atoms with E-state index < -0.39 is 30.6 Å². The number of rotatable bonds is 7. The largest absolute Gasteiger partial charge is 0.479 e. The van der Waals surface area contributed by atoms with Gasteiger partial charge >= 0.3 is 12.0 Å². The lowest BCUT2D eigenvalue weighted by molar-refractivity contribution is -0.154. The first-order valence-electron chi connectivity index (χ1n) is 7.51. The number of nitrogens with one attached hydrogen (secondary N) is 2. The number of carbonyl (C=O) groups is 3. The Labute approximate surface area is 145 Å². The molecule has 3 amide bonds. The fourth-order valence-electron chi connectivity index (χ4n) is 1.54. The number of hydrogen-bond acceptors (Lipinski definition) is 5. The minimum absolute atomic E-state index is 0.0619. The minimum Gasteiger partial charge on any atom is -0.479 e. The highest BCUT2D eigenvalue weighted by Crippen LogP contribution is 2.17. The lowest BCUT2D eigenvalue weighted by Gasteiger charge is -2.14. The molecule has 0 heterocycles. The third-order valence-electron chi connectivity index (χ3n) is 3.05. The van der Waals surface area contributed by atoms with Gasteiger partial charge in [0.15, 0.2) is 12.7 Å². The molecule has 8 heteroatoms. The summed E-state index contributed by atoms with van der Waals surface area (Å²) in [5, 5.41) is 5.18. The first-order valence-corrected chi connectivity index (χ1v) is 7.88. The van der Waals surface area contributed by atoms with Crippen LogP contribution in [-0.2, 0) is 14.3 Å². The summed E-state index contributed by atoms with van der Waals surface area (Å²) >= 11 is 5.75. The van der Waals surface area contributed by atoms with E-state index >= 15 is 0 Å². The Kier molecular flexibility index (Phi) is 8.05. The lowest BCUT2D eigenvalue weighted by atomic mass is 10.3. The van der Waals surface area contributed by atoms with E-state index in [9.17, 15) is 14.4 Å². The minimum atomic E-state index is -0.909. The Hall–Kier alpha value is -2.28. The molecule has 0 spiro atoms. The highest BCUT2D eigenvalue weighted by atomic mass is 35.5. The van der Waals surface area contributed by atoms with Crippen molar-refractivity contribution in [2.24, 2.45) is 0 Å². The molecule has 1 rings (SSSR count). The normalized spacial score (nSPS) is 12.7.